The lowest BCUT2D eigenvalue weighted by Gasteiger charge is -2.29. The fourth-order valence-electron chi connectivity index (χ4n) is 8.00. The van der Waals surface area contributed by atoms with Gasteiger partial charge in [-0.25, -0.2) is 4.79 Å². The smallest absolute Gasteiger partial charge is 0.407 e. The van der Waals surface area contributed by atoms with E-state index in [1.807, 2.05) is 27.7 Å². The molecule has 66 heavy (non-hydrogen) atoms. The highest BCUT2D eigenvalue weighted by molar-refractivity contribution is 5.81. The summed E-state index contributed by atoms with van der Waals surface area (Å²) in [5.74, 6) is -0.957. The summed E-state index contributed by atoms with van der Waals surface area (Å²) in [4.78, 5) is 50.7. The highest BCUT2D eigenvalue weighted by Gasteiger charge is 2.23. The van der Waals surface area contributed by atoms with Crippen LogP contribution in [0.5, 0.6) is 0 Å². The Hall–Kier alpha value is -2.40. The molecular formula is C55H107N3O8. The van der Waals surface area contributed by atoms with Gasteiger partial charge in [0.05, 0.1) is 30.3 Å². The van der Waals surface area contributed by atoms with Crippen LogP contribution in [0.1, 0.15) is 273 Å². The van der Waals surface area contributed by atoms with Crippen molar-refractivity contribution in [1.82, 2.24) is 16.0 Å². The first-order valence-electron chi connectivity index (χ1n) is 27.7. The summed E-state index contributed by atoms with van der Waals surface area (Å²) in [6, 6.07) is -0.690. The minimum Gasteiger partial charge on any atom is -0.463 e. The van der Waals surface area contributed by atoms with Crippen LogP contribution in [0.25, 0.3) is 0 Å². The predicted octanol–water partition coefficient (Wildman–Crippen LogP) is 14.2. The second-order valence-corrected chi connectivity index (χ2v) is 20.4. The standard InChI is InChI=1S/C55H107N3O8/c1-8-10-12-14-16-18-20-22-24-26-28-30-32-34-36-38-44-57-53(62)65-48-49(58-51(60)39-37-35-33-31-29-27-25-23-21-19-17-15-13-11-9-2)47-64-52(61)41-40-50(59)56-45-42-55(5,6)66-46-43-54(3,4)63-7/h49H,8-48H2,1-7H3,(H,56,59)(H,57,62)(H,58,60). The Kier molecular flexibility index (Phi) is 43.4. The predicted molar refractivity (Wildman–Crippen MR) is 274 cm³/mol. The van der Waals surface area contributed by atoms with E-state index in [9.17, 15) is 19.2 Å². The maximum absolute atomic E-state index is 12.9. The molecule has 0 aromatic rings. The monoisotopic (exact) mass is 938 g/mol. The molecule has 0 aliphatic heterocycles. The first-order chi connectivity index (χ1) is 31.8. The van der Waals surface area contributed by atoms with Gasteiger partial charge < -0.3 is 34.9 Å². The molecule has 0 radical (unpaired) electrons. The second-order valence-electron chi connectivity index (χ2n) is 20.4. The largest absolute Gasteiger partial charge is 0.463 e. The van der Waals surface area contributed by atoms with Gasteiger partial charge in [-0.15, -0.1) is 0 Å². The van der Waals surface area contributed by atoms with Crippen molar-refractivity contribution < 1.29 is 38.1 Å². The Morgan fingerprint density at radius 3 is 1.32 bits per heavy atom. The van der Waals surface area contributed by atoms with Crippen molar-refractivity contribution in [3.63, 3.8) is 0 Å². The van der Waals surface area contributed by atoms with E-state index in [0.29, 0.717) is 32.5 Å². The van der Waals surface area contributed by atoms with E-state index >= 15 is 0 Å². The van der Waals surface area contributed by atoms with Crippen LogP contribution < -0.4 is 16.0 Å². The average molecular weight is 938 g/mol. The quantitative estimate of drug-likeness (QED) is 0.0404. The van der Waals surface area contributed by atoms with Crippen LogP contribution in [0.3, 0.4) is 0 Å². The topological polar surface area (TPSA) is 141 Å². The summed E-state index contributed by atoms with van der Waals surface area (Å²) in [5.41, 5.74) is -0.686. The minimum absolute atomic E-state index is 0.0172. The Morgan fingerprint density at radius 2 is 0.864 bits per heavy atom. The van der Waals surface area contributed by atoms with Gasteiger partial charge in [-0.3, -0.25) is 14.4 Å². The molecule has 0 fully saturated rings. The van der Waals surface area contributed by atoms with Crippen molar-refractivity contribution in [2.75, 3.05) is 40.0 Å². The zero-order valence-corrected chi connectivity index (χ0v) is 44.3. The van der Waals surface area contributed by atoms with Gasteiger partial charge in [-0.1, -0.05) is 200 Å². The fourth-order valence-corrected chi connectivity index (χ4v) is 8.00. The maximum Gasteiger partial charge on any atom is 0.407 e. The first kappa shape index (κ1) is 63.6. The maximum atomic E-state index is 12.9. The van der Waals surface area contributed by atoms with Crippen LogP contribution in [0, 0.1) is 0 Å². The Bertz CT molecular complexity index is 1150. The summed E-state index contributed by atoms with van der Waals surface area (Å²) in [6.45, 7) is 13.8. The number of unbranched alkanes of at least 4 members (excludes halogenated alkanes) is 29. The summed E-state index contributed by atoms with van der Waals surface area (Å²) in [6.07, 6.45) is 40.6. The number of amides is 3. The van der Waals surface area contributed by atoms with Crippen molar-refractivity contribution in [2.24, 2.45) is 0 Å². The van der Waals surface area contributed by atoms with E-state index in [1.54, 1.807) is 7.11 Å². The number of carbonyl (C=O) groups excluding carboxylic acids is 4. The van der Waals surface area contributed by atoms with E-state index < -0.39 is 23.7 Å². The first-order valence-corrected chi connectivity index (χ1v) is 27.7. The fraction of sp³-hybridized carbons (Fsp3) is 0.927. The van der Waals surface area contributed by atoms with Gasteiger partial charge in [0.1, 0.15) is 13.2 Å². The SMILES string of the molecule is CCCCCCCCCCCCCCCCCCNC(=O)OCC(COC(=O)CCC(=O)NCCC(C)(C)OCCC(C)(C)OC)NC(=O)CCCCCCCCCCCCCCCCC. The Labute approximate surface area is 406 Å². The van der Waals surface area contributed by atoms with Gasteiger partial charge >= 0.3 is 12.1 Å². The normalized spacial score (nSPS) is 12.2. The molecule has 0 rings (SSSR count). The molecule has 3 amide bonds. The summed E-state index contributed by atoms with van der Waals surface area (Å²) in [5, 5.41) is 8.61. The molecule has 390 valence electrons. The number of methoxy groups -OCH3 is 1. The zero-order chi connectivity index (χ0) is 48.8. The van der Waals surface area contributed by atoms with Gasteiger partial charge in [-0.2, -0.15) is 0 Å². The van der Waals surface area contributed by atoms with Crippen LogP contribution in [0.4, 0.5) is 4.79 Å². The third-order valence-corrected chi connectivity index (χ3v) is 12.9. The molecule has 0 aliphatic carbocycles. The lowest BCUT2D eigenvalue weighted by molar-refractivity contribution is -0.146. The number of hydrogen-bond donors (Lipinski definition) is 3. The molecule has 0 aromatic heterocycles. The summed E-state index contributed by atoms with van der Waals surface area (Å²) < 4.78 is 22.4. The van der Waals surface area contributed by atoms with E-state index in [1.165, 1.54) is 161 Å². The van der Waals surface area contributed by atoms with Crippen molar-refractivity contribution in [3.8, 4) is 0 Å². The second kappa shape index (κ2) is 45.1. The van der Waals surface area contributed by atoms with E-state index in [-0.39, 0.29) is 43.5 Å². The molecule has 1 unspecified atom stereocenters. The molecule has 1 atom stereocenters. The molecule has 0 heterocycles. The number of ether oxygens (including phenoxy) is 4. The molecular weight excluding hydrogens is 831 g/mol. The molecule has 0 spiro atoms. The van der Waals surface area contributed by atoms with Gasteiger partial charge in [0.25, 0.3) is 0 Å². The number of alkyl carbamates (subject to hydrolysis) is 1. The molecule has 0 aliphatic rings. The van der Waals surface area contributed by atoms with Crippen LogP contribution >= 0.6 is 0 Å². The summed E-state index contributed by atoms with van der Waals surface area (Å²) in [7, 11) is 1.69. The van der Waals surface area contributed by atoms with Crippen molar-refractivity contribution in [3.05, 3.63) is 0 Å². The van der Waals surface area contributed by atoms with E-state index in [0.717, 1.165) is 44.9 Å². The minimum atomic E-state index is -0.690. The number of nitrogens with one attached hydrogen (secondary N) is 3. The number of hydrogen-bond acceptors (Lipinski definition) is 8. The third-order valence-electron chi connectivity index (χ3n) is 12.9. The van der Waals surface area contributed by atoms with Crippen molar-refractivity contribution in [2.45, 2.75) is 290 Å². The Balaban J connectivity index is 4.53. The van der Waals surface area contributed by atoms with Gasteiger partial charge in [-0.05, 0) is 53.4 Å². The van der Waals surface area contributed by atoms with Crippen LogP contribution in [0.15, 0.2) is 0 Å². The van der Waals surface area contributed by atoms with Crippen LogP contribution in [-0.2, 0) is 33.3 Å². The van der Waals surface area contributed by atoms with Crippen molar-refractivity contribution in [1.29, 1.82) is 0 Å². The summed E-state index contributed by atoms with van der Waals surface area (Å²) >= 11 is 0. The van der Waals surface area contributed by atoms with Gasteiger partial charge in [0, 0.05) is 33.0 Å². The highest BCUT2D eigenvalue weighted by atomic mass is 16.6. The van der Waals surface area contributed by atoms with E-state index in [4.69, 9.17) is 18.9 Å². The molecule has 0 bridgehead atoms. The number of esters is 1. The van der Waals surface area contributed by atoms with Crippen molar-refractivity contribution >= 4 is 23.9 Å². The van der Waals surface area contributed by atoms with Crippen LogP contribution in [0.2, 0.25) is 0 Å². The average Bonchev–Trinajstić information content (AvgIpc) is 3.28. The zero-order valence-electron chi connectivity index (χ0n) is 44.3. The number of carbonyl (C=O) groups is 4. The highest BCUT2D eigenvalue weighted by Crippen LogP contribution is 2.19. The van der Waals surface area contributed by atoms with Crippen LogP contribution in [-0.4, -0.2) is 81.1 Å². The van der Waals surface area contributed by atoms with E-state index in [2.05, 4.69) is 29.8 Å². The third kappa shape index (κ3) is 45.4. The number of rotatable bonds is 49. The molecule has 0 aromatic carbocycles. The molecule has 11 heteroatoms. The molecule has 0 saturated heterocycles. The molecule has 11 nitrogen and oxygen atoms in total. The lowest BCUT2D eigenvalue weighted by Crippen LogP contribution is -2.43. The molecule has 3 N–H and O–H groups in total. The lowest BCUT2D eigenvalue weighted by atomic mass is 10.0. The Morgan fingerprint density at radius 1 is 0.439 bits per heavy atom. The molecule has 0 saturated carbocycles. The van der Waals surface area contributed by atoms with Gasteiger partial charge in [0.2, 0.25) is 11.8 Å². The van der Waals surface area contributed by atoms with Gasteiger partial charge in [0.15, 0.2) is 0 Å².